The van der Waals surface area contributed by atoms with Crippen LogP contribution in [-0.2, 0) is 4.74 Å². The summed E-state index contributed by atoms with van der Waals surface area (Å²) in [5, 5.41) is 16.2. The van der Waals surface area contributed by atoms with Crippen molar-refractivity contribution in [3.8, 4) is 17.5 Å². The van der Waals surface area contributed by atoms with Gasteiger partial charge in [-0.15, -0.1) is 10.2 Å². The summed E-state index contributed by atoms with van der Waals surface area (Å²) in [6, 6.07) is 3.55. The first-order valence-electron chi connectivity index (χ1n) is 6.49. The predicted octanol–water partition coefficient (Wildman–Crippen LogP) is 2.78. The van der Waals surface area contributed by atoms with Crippen LogP contribution in [0.15, 0.2) is 16.5 Å². The molecule has 0 amide bonds. The van der Waals surface area contributed by atoms with Gasteiger partial charge in [-0.25, -0.2) is 8.78 Å². The van der Waals surface area contributed by atoms with E-state index in [9.17, 15) is 8.78 Å². The molecule has 0 saturated carbocycles. The molecule has 2 aromatic rings. The van der Waals surface area contributed by atoms with Gasteiger partial charge < -0.3 is 9.15 Å². The fourth-order valence-electron chi connectivity index (χ4n) is 2.28. The van der Waals surface area contributed by atoms with Crippen LogP contribution >= 0.6 is 0 Å². The van der Waals surface area contributed by atoms with E-state index in [1.807, 2.05) is 0 Å². The molecule has 1 fully saturated rings. The summed E-state index contributed by atoms with van der Waals surface area (Å²) in [6.07, 6.45) is 1.71. The van der Waals surface area contributed by atoms with Crippen LogP contribution in [0.3, 0.4) is 0 Å². The summed E-state index contributed by atoms with van der Waals surface area (Å²) in [6.45, 7) is 1.15. The minimum atomic E-state index is -0.901. The van der Waals surface area contributed by atoms with Gasteiger partial charge in [-0.3, -0.25) is 0 Å². The van der Waals surface area contributed by atoms with Crippen molar-refractivity contribution in [2.75, 3.05) is 13.2 Å². The summed E-state index contributed by atoms with van der Waals surface area (Å²) >= 11 is 0. The SMILES string of the molecule is N#Cc1cc(F)c(-c2nnc(C3CCCOC3)o2)c(F)c1. The van der Waals surface area contributed by atoms with Crippen molar-refractivity contribution in [3.63, 3.8) is 0 Å². The van der Waals surface area contributed by atoms with E-state index < -0.39 is 17.2 Å². The zero-order valence-electron chi connectivity index (χ0n) is 11.0. The molecule has 0 radical (unpaired) electrons. The van der Waals surface area contributed by atoms with Crippen LogP contribution in [0.2, 0.25) is 0 Å². The molecule has 2 heterocycles. The van der Waals surface area contributed by atoms with Gasteiger partial charge in [0, 0.05) is 6.61 Å². The van der Waals surface area contributed by atoms with Crippen LogP contribution < -0.4 is 0 Å². The molecular weight excluding hydrogens is 280 g/mol. The highest BCUT2D eigenvalue weighted by Crippen LogP contribution is 2.30. The highest BCUT2D eigenvalue weighted by Gasteiger charge is 2.25. The van der Waals surface area contributed by atoms with Gasteiger partial charge in [0.05, 0.1) is 24.2 Å². The maximum absolute atomic E-state index is 13.9. The van der Waals surface area contributed by atoms with Crippen molar-refractivity contribution in [3.05, 3.63) is 35.2 Å². The molecule has 1 aliphatic rings. The minimum Gasteiger partial charge on any atom is -0.420 e. The molecular formula is C14H11F2N3O2. The summed E-state index contributed by atoms with van der Waals surface area (Å²) in [7, 11) is 0. The Morgan fingerprint density at radius 2 is 2.00 bits per heavy atom. The number of hydrogen-bond acceptors (Lipinski definition) is 5. The second-order valence-electron chi connectivity index (χ2n) is 4.79. The van der Waals surface area contributed by atoms with Gasteiger partial charge in [0.1, 0.15) is 17.2 Å². The van der Waals surface area contributed by atoms with Gasteiger partial charge in [0.15, 0.2) is 0 Å². The first-order valence-corrected chi connectivity index (χ1v) is 6.49. The molecule has 1 saturated heterocycles. The maximum atomic E-state index is 13.9. The Hall–Kier alpha value is -2.33. The van der Waals surface area contributed by atoms with E-state index in [1.54, 1.807) is 6.07 Å². The molecule has 1 aromatic heterocycles. The van der Waals surface area contributed by atoms with Crippen LogP contribution in [0.1, 0.15) is 30.2 Å². The summed E-state index contributed by atoms with van der Waals surface area (Å²) in [5.41, 5.74) is -0.515. The first kappa shape index (κ1) is 13.6. The topological polar surface area (TPSA) is 71.9 Å². The summed E-state index contributed by atoms with van der Waals surface area (Å²) < 4.78 is 38.5. The molecule has 1 unspecified atom stereocenters. The van der Waals surface area contributed by atoms with E-state index >= 15 is 0 Å². The van der Waals surface area contributed by atoms with Crippen molar-refractivity contribution in [2.24, 2.45) is 0 Å². The van der Waals surface area contributed by atoms with E-state index in [-0.39, 0.29) is 17.4 Å². The fourth-order valence-corrected chi connectivity index (χ4v) is 2.28. The molecule has 3 rings (SSSR count). The Bertz CT molecular complexity index is 679. The molecule has 0 bridgehead atoms. The number of aromatic nitrogens is 2. The third kappa shape index (κ3) is 2.62. The fraction of sp³-hybridized carbons (Fsp3) is 0.357. The Kier molecular flexibility index (Phi) is 3.62. The molecule has 0 N–H and O–H groups in total. The molecule has 7 heteroatoms. The van der Waals surface area contributed by atoms with E-state index in [0.717, 1.165) is 25.0 Å². The van der Waals surface area contributed by atoms with Gasteiger partial charge >= 0.3 is 0 Å². The second kappa shape index (κ2) is 5.58. The van der Waals surface area contributed by atoms with E-state index in [4.69, 9.17) is 14.4 Å². The lowest BCUT2D eigenvalue weighted by molar-refractivity contribution is 0.0727. The van der Waals surface area contributed by atoms with E-state index in [1.165, 1.54) is 0 Å². The standard InChI is InChI=1S/C14H11F2N3O2/c15-10-4-8(6-17)5-11(16)12(10)14-19-18-13(21-14)9-2-1-3-20-7-9/h4-5,9H,1-3,7H2. The quantitative estimate of drug-likeness (QED) is 0.850. The van der Waals surface area contributed by atoms with Gasteiger partial charge in [-0.1, -0.05) is 0 Å². The van der Waals surface area contributed by atoms with Gasteiger partial charge in [-0.2, -0.15) is 5.26 Å². The van der Waals surface area contributed by atoms with E-state index in [2.05, 4.69) is 10.2 Å². The maximum Gasteiger partial charge on any atom is 0.253 e. The first-order chi connectivity index (χ1) is 10.2. The summed E-state index contributed by atoms with van der Waals surface area (Å²) in [5.74, 6) is -1.77. The van der Waals surface area contributed by atoms with Gasteiger partial charge in [-0.05, 0) is 25.0 Å². The number of nitrogens with zero attached hydrogens (tertiary/aromatic N) is 3. The average molecular weight is 291 g/mol. The third-order valence-electron chi connectivity index (χ3n) is 3.34. The smallest absolute Gasteiger partial charge is 0.253 e. The highest BCUT2D eigenvalue weighted by atomic mass is 19.1. The minimum absolute atomic E-state index is 0.0514. The number of rotatable bonds is 2. The van der Waals surface area contributed by atoms with Gasteiger partial charge in [0.2, 0.25) is 5.89 Å². The summed E-state index contributed by atoms with van der Waals surface area (Å²) in [4.78, 5) is 0. The molecule has 0 aliphatic carbocycles. The lowest BCUT2D eigenvalue weighted by Crippen LogP contribution is -2.15. The Balaban J connectivity index is 1.95. The van der Waals surface area contributed by atoms with Crippen molar-refractivity contribution >= 4 is 0 Å². The van der Waals surface area contributed by atoms with Crippen LogP contribution in [-0.4, -0.2) is 23.4 Å². The number of halogens is 2. The van der Waals surface area contributed by atoms with Crippen molar-refractivity contribution in [1.82, 2.24) is 10.2 Å². The average Bonchev–Trinajstić information content (AvgIpc) is 2.97. The normalized spacial score (nSPS) is 18.4. The Morgan fingerprint density at radius 3 is 2.62 bits per heavy atom. The number of ether oxygens (including phenoxy) is 1. The Morgan fingerprint density at radius 1 is 1.24 bits per heavy atom. The number of benzene rings is 1. The van der Waals surface area contributed by atoms with Crippen LogP contribution in [0.5, 0.6) is 0 Å². The zero-order chi connectivity index (χ0) is 14.8. The molecule has 5 nitrogen and oxygen atoms in total. The number of hydrogen-bond donors (Lipinski definition) is 0. The van der Waals surface area contributed by atoms with Crippen LogP contribution in [0.25, 0.3) is 11.5 Å². The highest BCUT2D eigenvalue weighted by molar-refractivity contribution is 5.56. The lowest BCUT2D eigenvalue weighted by Gasteiger charge is -2.18. The molecule has 108 valence electrons. The van der Waals surface area contributed by atoms with Crippen molar-refractivity contribution in [1.29, 1.82) is 5.26 Å². The van der Waals surface area contributed by atoms with Crippen molar-refractivity contribution in [2.45, 2.75) is 18.8 Å². The predicted molar refractivity (Wildman–Crippen MR) is 67.2 cm³/mol. The number of nitriles is 1. The lowest BCUT2D eigenvalue weighted by atomic mass is 10.0. The third-order valence-corrected chi connectivity index (χ3v) is 3.34. The molecule has 0 spiro atoms. The molecule has 21 heavy (non-hydrogen) atoms. The van der Waals surface area contributed by atoms with Crippen molar-refractivity contribution < 1.29 is 17.9 Å². The van der Waals surface area contributed by atoms with Gasteiger partial charge in [0.25, 0.3) is 5.89 Å². The Labute approximate surface area is 119 Å². The molecule has 1 aromatic carbocycles. The van der Waals surface area contributed by atoms with E-state index in [0.29, 0.717) is 19.1 Å². The largest absolute Gasteiger partial charge is 0.420 e. The monoisotopic (exact) mass is 291 g/mol. The van der Waals surface area contributed by atoms with Crippen LogP contribution in [0.4, 0.5) is 8.78 Å². The van der Waals surface area contributed by atoms with Crippen LogP contribution in [0, 0.1) is 23.0 Å². The molecule has 1 atom stereocenters. The molecule has 1 aliphatic heterocycles. The zero-order valence-corrected chi connectivity index (χ0v) is 11.0. The second-order valence-corrected chi connectivity index (χ2v) is 4.79.